The zero-order valence-corrected chi connectivity index (χ0v) is 19.1. The van der Waals surface area contributed by atoms with Gasteiger partial charge < -0.3 is 15.4 Å². The third-order valence-electron chi connectivity index (χ3n) is 4.40. The van der Waals surface area contributed by atoms with E-state index in [2.05, 4.69) is 10.6 Å². The number of esters is 1. The first-order chi connectivity index (χ1) is 16.5. The van der Waals surface area contributed by atoms with Crippen LogP contribution in [-0.4, -0.2) is 24.2 Å². The van der Waals surface area contributed by atoms with Crippen molar-refractivity contribution in [3.8, 4) is 0 Å². The summed E-state index contributed by atoms with van der Waals surface area (Å²) in [6.45, 7) is -0.841. The van der Waals surface area contributed by atoms with Crippen LogP contribution in [-0.2, 0) is 15.7 Å². The minimum absolute atomic E-state index is 0.0498. The van der Waals surface area contributed by atoms with E-state index >= 15 is 0 Å². The molecule has 35 heavy (non-hydrogen) atoms. The smallest absolute Gasteiger partial charge is 0.418 e. The Kier molecular flexibility index (Phi) is 8.57. The predicted octanol–water partition coefficient (Wildman–Crippen LogP) is 7.21. The second kappa shape index (κ2) is 11.4. The summed E-state index contributed by atoms with van der Waals surface area (Å²) in [6.07, 6.45) is -4.76. The summed E-state index contributed by atoms with van der Waals surface area (Å²) in [5, 5.41) is 4.85. The second-order valence-electron chi connectivity index (χ2n) is 6.89. The molecule has 12 heteroatoms. The molecule has 0 aliphatic heterocycles. The molecule has 0 aliphatic carbocycles. The largest absolute Gasteiger partial charge is 0.452 e. The molecule has 3 rings (SSSR count). The van der Waals surface area contributed by atoms with Gasteiger partial charge in [-0.3, -0.25) is 4.79 Å². The molecule has 0 aromatic heterocycles. The molecule has 3 aromatic rings. The first-order valence-electron chi connectivity index (χ1n) is 9.77. The molecule has 0 radical (unpaired) electrons. The number of benzene rings is 3. The van der Waals surface area contributed by atoms with Gasteiger partial charge in [0, 0.05) is 15.6 Å². The topological polar surface area (TPSA) is 67.4 Å². The van der Waals surface area contributed by atoms with E-state index in [0.29, 0.717) is 34.1 Å². The number of hydrogen-bond acceptors (Lipinski definition) is 5. The molecule has 2 N–H and O–H groups in total. The molecule has 0 unspecified atom stereocenters. The summed E-state index contributed by atoms with van der Waals surface area (Å²) >= 11 is 6.00. The molecule has 184 valence electrons. The number of carbonyl (C=O) groups excluding carboxylic acids is 2. The summed E-state index contributed by atoms with van der Waals surface area (Å²) in [7, 11) is 0. The van der Waals surface area contributed by atoms with Gasteiger partial charge in [0.1, 0.15) is 0 Å². The average molecular weight is 531 g/mol. The average Bonchev–Trinajstić information content (AvgIpc) is 2.79. The number of amides is 1. The van der Waals surface area contributed by atoms with Crippen LogP contribution in [0.3, 0.4) is 0 Å². The van der Waals surface area contributed by atoms with Crippen molar-refractivity contribution in [2.24, 2.45) is 0 Å². The van der Waals surface area contributed by atoms with Crippen molar-refractivity contribution in [3.05, 3.63) is 82.9 Å². The standard InChI is InChI=1S/C23H16ClF5N2O3S/c24-13-5-10-19(17(11-13)23(27,28)29)31-20(32)12-34-21(33)16-3-1-2-4-18(16)30-14-6-8-15(9-7-14)35-22(25)26/h1-11,22,30H,12H2,(H,31,32). The van der Waals surface area contributed by atoms with E-state index in [1.807, 2.05) is 0 Å². The Balaban J connectivity index is 1.65. The highest BCUT2D eigenvalue weighted by atomic mass is 35.5. The minimum Gasteiger partial charge on any atom is -0.452 e. The summed E-state index contributed by atoms with van der Waals surface area (Å²) in [5.74, 6) is -4.44. The van der Waals surface area contributed by atoms with Crippen LogP contribution < -0.4 is 10.6 Å². The summed E-state index contributed by atoms with van der Waals surface area (Å²) in [4.78, 5) is 25.0. The van der Waals surface area contributed by atoms with Gasteiger partial charge in [-0.05, 0) is 54.6 Å². The minimum atomic E-state index is -4.76. The fraction of sp³-hybridized carbons (Fsp3) is 0.130. The van der Waals surface area contributed by atoms with Crippen LogP contribution in [0.25, 0.3) is 0 Å². The van der Waals surface area contributed by atoms with E-state index in [-0.39, 0.29) is 10.6 Å². The third-order valence-corrected chi connectivity index (χ3v) is 5.36. The molecular formula is C23H16ClF5N2O3S. The van der Waals surface area contributed by atoms with Crippen LogP contribution in [0.15, 0.2) is 71.6 Å². The van der Waals surface area contributed by atoms with Gasteiger partial charge in [0.15, 0.2) is 6.61 Å². The lowest BCUT2D eigenvalue weighted by Crippen LogP contribution is -2.23. The van der Waals surface area contributed by atoms with Crippen molar-refractivity contribution in [3.63, 3.8) is 0 Å². The van der Waals surface area contributed by atoms with E-state index < -0.39 is 41.7 Å². The van der Waals surface area contributed by atoms with E-state index in [9.17, 15) is 31.5 Å². The molecule has 1 amide bonds. The van der Waals surface area contributed by atoms with Gasteiger partial charge >= 0.3 is 12.1 Å². The molecule has 5 nitrogen and oxygen atoms in total. The van der Waals surface area contributed by atoms with Gasteiger partial charge in [0.2, 0.25) is 0 Å². The third kappa shape index (κ3) is 7.59. The maximum atomic E-state index is 13.2. The Hall–Kier alpha value is -3.31. The van der Waals surface area contributed by atoms with Gasteiger partial charge in [-0.1, -0.05) is 35.5 Å². The number of anilines is 3. The fourth-order valence-electron chi connectivity index (χ4n) is 2.90. The van der Waals surface area contributed by atoms with Gasteiger partial charge in [0.25, 0.3) is 11.7 Å². The summed E-state index contributed by atoms with van der Waals surface area (Å²) in [6, 6.07) is 15.1. The van der Waals surface area contributed by atoms with Crippen molar-refractivity contribution >= 4 is 52.3 Å². The lowest BCUT2D eigenvalue weighted by molar-refractivity contribution is -0.137. The number of hydrogen-bond donors (Lipinski definition) is 2. The first kappa shape index (κ1) is 26.3. The van der Waals surface area contributed by atoms with Gasteiger partial charge in [-0.2, -0.15) is 22.0 Å². The van der Waals surface area contributed by atoms with Gasteiger partial charge in [-0.15, -0.1) is 0 Å². The van der Waals surface area contributed by atoms with Crippen molar-refractivity contribution in [1.82, 2.24) is 0 Å². The zero-order chi connectivity index (χ0) is 25.6. The Morgan fingerprint density at radius 3 is 2.31 bits per heavy atom. The lowest BCUT2D eigenvalue weighted by Gasteiger charge is -2.15. The number of para-hydroxylation sites is 1. The quantitative estimate of drug-likeness (QED) is 0.183. The van der Waals surface area contributed by atoms with E-state index in [0.717, 1.165) is 6.07 Å². The van der Waals surface area contributed by atoms with Crippen LogP contribution in [0.2, 0.25) is 5.02 Å². The molecular weight excluding hydrogens is 515 g/mol. The van der Waals surface area contributed by atoms with Crippen LogP contribution in [0.5, 0.6) is 0 Å². The van der Waals surface area contributed by atoms with Crippen molar-refractivity contribution in [2.45, 2.75) is 16.8 Å². The molecule has 0 spiro atoms. The van der Waals surface area contributed by atoms with E-state index in [1.165, 1.54) is 24.3 Å². The fourth-order valence-corrected chi connectivity index (χ4v) is 3.57. The van der Waals surface area contributed by atoms with Crippen LogP contribution >= 0.6 is 23.4 Å². The normalized spacial score (nSPS) is 11.3. The highest BCUT2D eigenvalue weighted by molar-refractivity contribution is 7.99. The number of rotatable bonds is 8. The highest BCUT2D eigenvalue weighted by Crippen LogP contribution is 2.36. The highest BCUT2D eigenvalue weighted by Gasteiger charge is 2.34. The lowest BCUT2D eigenvalue weighted by atomic mass is 10.1. The van der Waals surface area contributed by atoms with Crippen molar-refractivity contribution in [2.75, 3.05) is 17.2 Å². The molecule has 0 fully saturated rings. The predicted molar refractivity (Wildman–Crippen MR) is 123 cm³/mol. The Morgan fingerprint density at radius 2 is 1.66 bits per heavy atom. The first-order valence-corrected chi connectivity index (χ1v) is 11.0. The van der Waals surface area contributed by atoms with E-state index in [4.69, 9.17) is 16.3 Å². The van der Waals surface area contributed by atoms with E-state index in [1.54, 1.807) is 30.3 Å². The molecule has 0 aliphatic rings. The molecule has 0 saturated carbocycles. The SMILES string of the molecule is O=C(COC(=O)c1ccccc1Nc1ccc(SC(F)F)cc1)Nc1ccc(Cl)cc1C(F)(F)F. The van der Waals surface area contributed by atoms with Crippen molar-refractivity contribution < 1.29 is 36.3 Å². The molecule has 0 atom stereocenters. The second-order valence-corrected chi connectivity index (χ2v) is 8.39. The number of alkyl halides is 5. The summed E-state index contributed by atoms with van der Waals surface area (Å²) in [5.41, 5.74) is -0.808. The Bertz CT molecular complexity index is 1210. The van der Waals surface area contributed by atoms with Gasteiger partial charge in [-0.25, -0.2) is 4.79 Å². The maximum absolute atomic E-state index is 13.2. The van der Waals surface area contributed by atoms with Crippen molar-refractivity contribution in [1.29, 1.82) is 0 Å². The van der Waals surface area contributed by atoms with Crippen LogP contribution in [0.1, 0.15) is 15.9 Å². The zero-order valence-electron chi connectivity index (χ0n) is 17.5. The Labute approximate surface area is 205 Å². The molecule has 0 heterocycles. The number of nitrogens with one attached hydrogen (secondary N) is 2. The summed E-state index contributed by atoms with van der Waals surface area (Å²) < 4.78 is 69.4. The number of thioether (sulfide) groups is 1. The number of ether oxygens (including phenoxy) is 1. The van der Waals surface area contributed by atoms with Crippen LogP contribution in [0.4, 0.5) is 39.0 Å². The molecule has 0 saturated heterocycles. The maximum Gasteiger partial charge on any atom is 0.418 e. The monoisotopic (exact) mass is 530 g/mol. The van der Waals surface area contributed by atoms with Gasteiger partial charge in [0.05, 0.1) is 22.5 Å². The number of halogens is 6. The number of carbonyl (C=O) groups is 2. The molecule has 0 bridgehead atoms. The van der Waals surface area contributed by atoms with Crippen LogP contribution in [0, 0.1) is 0 Å². The molecule has 3 aromatic carbocycles. The Morgan fingerprint density at radius 1 is 0.971 bits per heavy atom.